The van der Waals surface area contributed by atoms with Gasteiger partial charge in [0.25, 0.3) is 0 Å². The van der Waals surface area contributed by atoms with Crippen LogP contribution in [-0.2, 0) is 0 Å². The number of benzene rings is 1. The number of carbonyl (C=O) groups is 1. The van der Waals surface area contributed by atoms with Gasteiger partial charge in [-0.25, -0.2) is 9.78 Å². The summed E-state index contributed by atoms with van der Waals surface area (Å²) >= 11 is 11.6. The first-order chi connectivity index (χ1) is 9.88. The Morgan fingerprint density at radius 3 is 2.62 bits per heavy atom. The van der Waals surface area contributed by atoms with E-state index in [0.29, 0.717) is 0 Å². The van der Waals surface area contributed by atoms with Gasteiger partial charge in [-0.1, -0.05) is 23.2 Å². The van der Waals surface area contributed by atoms with Crippen LogP contribution >= 0.6 is 23.2 Å². The van der Waals surface area contributed by atoms with E-state index in [9.17, 15) is 14.9 Å². The minimum Gasteiger partial charge on any atom is -0.478 e. The van der Waals surface area contributed by atoms with E-state index >= 15 is 0 Å². The number of rotatable bonds is 4. The lowest BCUT2D eigenvalue weighted by Gasteiger charge is -2.07. The van der Waals surface area contributed by atoms with Crippen molar-refractivity contribution in [3.05, 3.63) is 56.2 Å². The maximum Gasteiger partial charge on any atom is 0.337 e. The van der Waals surface area contributed by atoms with Gasteiger partial charge >= 0.3 is 11.7 Å². The average molecular weight is 329 g/mol. The Balaban J connectivity index is 2.40. The quantitative estimate of drug-likeness (QED) is 0.676. The molecule has 108 valence electrons. The Kier molecular flexibility index (Phi) is 4.25. The fourth-order valence-corrected chi connectivity index (χ4v) is 1.81. The highest BCUT2D eigenvalue weighted by Crippen LogP contribution is 2.35. The number of carboxylic acids is 1. The number of hydrogen-bond donors (Lipinski definition) is 1. The van der Waals surface area contributed by atoms with E-state index in [-0.39, 0.29) is 32.9 Å². The molecule has 7 nitrogen and oxygen atoms in total. The molecule has 9 heteroatoms. The zero-order valence-electron chi connectivity index (χ0n) is 10.1. The third kappa shape index (κ3) is 3.39. The summed E-state index contributed by atoms with van der Waals surface area (Å²) < 4.78 is 5.26. The molecule has 0 saturated carbocycles. The Bertz CT molecular complexity index is 736. The monoisotopic (exact) mass is 328 g/mol. The highest BCUT2D eigenvalue weighted by Gasteiger charge is 2.18. The van der Waals surface area contributed by atoms with Crippen molar-refractivity contribution in [2.75, 3.05) is 0 Å². The number of ether oxygens (including phenoxy) is 1. The second-order valence-corrected chi connectivity index (χ2v) is 4.63. The molecule has 0 aliphatic carbocycles. The smallest absolute Gasteiger partial charge is 0.337 e. The average Bonchev–Trinajstić information content (AvgIpc) is 2.40. The standard InChI is InChI=1S/C12H6Cl2N2O5/c13-7-1-2-9(16(19)20)10(4-7)21-11-8(14)3-6(5-15-11)12(17)18/h1-5H,(H,17,18). The van der Waals surface area contributed by atoms with Gasteiger partial charge in [-0.15, -0.1) is 0 Å². The van der Waals surface area contributed by atoms with Gasteiger partial charge < -0.3 is 9.84 Å². The van der Waals surface area contributed by atoms with Crippen LogP contribution in [0.25, 0.3) is 0 Å². The number of aromatic nitrogens is 1. The second-order valence-electron chi connectivity index (χ2n) is 3.79. The minimum atomic E-state index is -1.20. The van der Waals surface area contributed by atoms with Crippen LogP contribution in [0.3, 0.4) is 0 Å². The molecule has 1 aromatic heterocycles. The molecule has 0 spiro atoms. The van der Waals surface area contributed by atoms with E-state index in [1.807, 2.05) is 0 Å². The molecule has 0 amide bonds. The van der Waals surface area contributed by atoms with Gasteiger partial charge in [0, 0.05) is 23.4 Å². The normalized spacial score (nSPS) is 10.2. The molecule has 0 saturated heterocycles. The van der Waals surface area contributed by atoms with Crippen molar-refractivity contribution < 1.29 is 19.6 Å². The predicted molar refractivity (Wildman–Crippen MR) is 74.4 cm³/mol. The summed E-state index contributed by atoms with van der Waals surface area (Å²) in [7, 11) is 0. The topological polar surface area (TPSA) is 103 Å². The number of halogens is 2. The van der Waals surface area contributed by atoms with Crippen LogP contribution in [0.4, 0.5) is 5.69 Å². The van der Waals surface area contributed by atoms with Crippen LogP contribution in [0.2, 0.25) is 10.0 Å². The molecule has 21 heavy (non-hydrogen) atoms. The Hall–Kier alpha value is -2.38. The van der Waals surface area contributed by atoms with Crippen molar-refractivity contribution in [1.82, 2.24) is 4.98 Å². The number of hydrogen-bond acceptors (Lipinski definition) is 5. The van der Waals surface area contributed by atoms with Gasteiger partial charge in [-0.05, 0) is 12.1 Å². The van der Waals surface area contributed by atoms with Crippen molar-refractivity contribution in [1.29, 1.82) is 0 Å². The van der Waals surface area contributed by atoms with Gasteiger partial charge in [0.1, 0.15) is 5.02 Å². The number of nitrogens with zero attached hydrogens (tertiary/aromatic N) is 2. The van der Waals surface area contributed by atoms with Crippen LogP contribution in [0.15, 0.2) is 30.5 Å². The predicted octanol–water partition coefficient (Wildman–Crippen LogP) is 3.79. The third-order valence-corrected chi connectivity index (χ3v) is 2.89. The molecule has 1 heterocycles. The molecule has 0 aliphatic heterocycles. The zero-order valence-corrected chi connectivity index (χ0v) is 11.6. The van der Waals surface area contributed by atoms with Gasteiger partial charge in [0.15, 0.2) is 0 Å². The van der Waals surface area contributed by atoms with E-state index in [2.05, 4.69) is 4.98 Å². The van der Waals surface area contributed by atoms with E-state index in [4.69, 9.17) is 33.0 Å². The van der Waals surface area contributed by atoms with Gasteiger partial charge in [0.2, 0.25) is 11.6 Å². The molecule has 0 radical (unpaired) electrons. The molecule has 1 aromatic carbocycles. The van der Waals surface area contributed by atoms with Crippen molar-refractivity contribution in [3.63, 3.8) is 0 Å². The van der Waals surface area contributed by atoms with Crippen LogP contribution in [-0.4, -0.2) is 21.0 Å². The van der Waals surface area contributed by atoms with Gasteiger partial charge in [0.05, 0.1) is 10.5 Å². The molecule has 2 rings (SSSR count). The summed E-state index contributed by atoms with van der Waals surface area (Å²) in [6.45, 7) is 0. The van der Waals surface area contributed by atoms with Gasteiger partial charge in [-0.3, -0.25) is 10.1 Å². The molecular weight excluding hydrogens is 323 g/mol. The molecule has 0 unspecified atom stereocenters. The first-order valence-electron chi connectivity index (χ1n) is 5.39. The number of carboxylic acid groups (broad SMARTS) is 1. The Morgan fingerprint density at radius 1 is 1.33 bits per heavy atom. The highest BCUT2D eigenvalue weighted by atomic mass is 35.5. The third-order valence-electron chi connectivity index (χ3n) is 2.38. The summed E-state index contributed by atoms with van der Waals surface area (Å²) in [6, 6.07) is 4.89. The lowest BCUT2D eigenvalue weighted by atomic mass is 10.3. The highest BCUT2D eigenvalue weighted by molar-refractivity contribution is 6.32. The number of pyridine rings is 1. The number of aromatic carboxylic acids is 1. The summed E-state index contributed by atoms with van der Waals surface area (Å²) in [5, 5.41) is 19.8. The molecule has 1 N–H and O–H groups in total. The van der Waals surface area contributed by atoms with E-state index in [1.165, 1.54) is 18.2 Å². The van der Waals surface area contributed by atoms with E-state index < -0.39 is 10.9 Å². The fraction of sp³-hybridized carbons (Fsp3) is 0. The van der Waals surface area contributed by atoms with Crippen molar-refractivity contribution in [3.8, 4) is 11.6 Å². The number of nitro groups is 1. The lowest BCUT2D eigenvalue weighted by molar-refractivity contribution is -0.385. The van der Waals surface area contributed by atoms with Crippen molar-refractivity contribution >= 4 is 34.9 Å². The Morgan fingerprint density at radius 2 is 2.05 bits per heavy atom. The maximum absolute atomic E-state index is 10.9. The first-order valence-corrected chi connectivity index (χ1v) is 6.14. The molecular formula is C12H6Cl2N2O5. The molecule has 0 fully saturated rings. The minimum absolute atomic E-state index is 0.0934. The molecule has 2 aromatic rings. The fourth-order valence-electron chi connectivity index (χ4n) is 1.44. The van der Waals surface area contributed by atoms with Crippen LogP contribution in [0, 0.1) is 10.1 Å². The summed E-state index contributed by atoms with van der Waals surface area (Å²) in [5.74, 6) is -1.51. The lowest BCUT2D eigenvalue weighted by Crippen LogP contribution is -1.99. The summed E-state index contributed by atoms with van der Waals surface area (Å²) in [5.41, 5.74) is -0.451. The first kappa shape index (κ1) is 15.0. The van der Waals surface area contributed by atoms with Crippen LogP contribution in [0.5, 0.6) is 11.6 Å². The van der Waals surface area contributed by atoms with E-state index in [1.54, 1.807) is 0 Å². The summed E-state index contributed by atoms with van der Waals surface area (Å²) in [6.07, 6.45) is 1.03. The van der Waals surface area contributed by atoms with Gasteiger partial charge in [-0.2, -0.15) is 0 Å². The van der Waals surface area contributed by atoms with Crippen LogP contribution in [0.1, 0.15) is 10.4 Å². The van der Waals surface area contributed by atoms with Crippen LogP contribution < -0.4 is 4.74 Å². The SMILES string of the molecule is O=C(O)c1cnc(Oc2cc(Cl)ccc2[N+](=O)[O-])c(Cl)c1. The molecule has 0 atom stereocenters. The summed E-state index contributed by atoms with van der Waals surface area (Å²) in [4.78, 5) is 24.7. The Labute approximate surface area is 127 Å². The molecule has 0 aliphatic rings. The van der Waals surface area contributed by atoms with Crippen molar-refractivity contribution in [2.24, 2.45) is 0 Å². The maximum atomic E-state index is 10.9. The largest absolute Gasteiger partial charge is 0.478 e. The second kappa shape index (κ2) is 5.94. The zero-order chi connectivity index (χ0) is 15.6. The number of nitro benzene ring substituents is 1. The van der Waals surface area contributed by atoms with E-state index in [0.717, 1.165) is 12.3 Å². The van der Waals surface area contributed by atoms with Crippen molar-refractivity contribution in [2.45, 2.75) is 0 Å². The molecule has 0 bridgehead atoms.